The van der Waals surface area contributed by atoms with Crippen LogP contribution in [0.5, 0.6) is 0 Å². The maximum Gasteiger partial charge on any atom is 0.431 e. The molecule has 0 radical (unpaired) electrons. The van der Waals surface area contributed by atoms with Crippen LogP contribution in [0.15, 0.2) is 59.0 Å². The Morgan fingerprint density at radius 2 is 1.75 bits per heavy atom. The van der Waals surface area contributed by atoms with E-state index in [0.29, 0.717) is 45.0 Å². The van der Waals surface area contributed by atoms with E-state index in [-0.39, 0.29) is 18.2 Å². The van der Waals surface area contributed by atoms with Crippen molar-refractivity contribution in [1.29, 1.82) is 0 Å². The maximum absolute atomic E-state index is 13.1. The first-order valence-corrected chi connectivity index (χ1v) is 10.2. The fraction of sp³-hybridized carbons (Fsp3) is 0.364. The largest absolute Gasteiger partial charge is 0.431 e. The zero-order chi connectivity index (χ0) is 22.6. The first-order chi connectivity index (χ1) is 15.4. The molecular weight excluding hydrogens is 423 g/mol. The third-order valence-electron chi connectivity index (χ3n) is 5.26. The Morgan fingerprint density at radius 1 is 1.03 bits per heavy atom. The number of nitrogens with zero attached hydrogens (tertiary/aromatic N) is 5. The minimum Gasteiger partial charge on any atom is -0.378 e. The smallest absolute Gasteiger partial charge is 0.378 e. The lowest BCUT2D eigenvalue weighted by atomic mass is 10.0. The normalized spacial score (nSPS) is 16.5. The van der Waals surface area contributed by atoms with Crippen LogP contribution in [0, 0.1) is 0 Å². The van der Waals surface area contributed by atoms with Gasteiger partial charge >= 0.3 is 12.2 Å². The van der Waals surface area contributed by atoms with Crippen molar-refractivity contribution in [3.8, 4) is 0 Å². The van der Waals surface area contributed by atoms with Crippen LogP contribution in [0.4, 0.5) is 18.0 Å². The number of hydrogen-bond acceptors (Lipinski definition) is 5. The van der Waals surface area contributed by atoms with E-state index in [2.05, 4.69) is 15.2 Å². The molecule has 2 aliphatic rings. The van der Waals surface area contributed by atoms with E-state index in [9.17, 15) is 18.0 Å². The molecule has 0 unspecified atom stereocenters. The molecule has 1 fully saturated rings. The maximum atomic E-state index is 13.1. The molecule has 1 aromatic carbocycles. The molecular formula is C22H22F3N5O2. The molecule has 0 bridgehead atoms. The molecule has 1 aromatic heterocycles. The Hall–Kier alpha value is -3.27. The van der Waals surface area contributed by atoms with Crippen LogP contribution in [0.1, 0.15) is 23.1 Å². The van der Waals surface area contributed by atoms with E-state index in [1.54, 1.807) is 46.5 Å². The number of halogens is 3. The summed E-state index contributed by atoms with van der Waals surface area (Å²) < 4.78 is 43.8. The molecule has 2 aromatic rings. The van der Waals surface area contributed by atoms with Gasteiger partial charge in [0, 0.05) is 45.0 Å². The van der Waals surface area contributed by atoms with Crippen molar-refractivity contribution < 1.29 is 22.7 Å². The zero-order valence-electron chi connectivity index (χ0n) is 17.3. The van der Waals surface area contributed by atoms with Crippen molar-refractivity contribution >= 4 is 17.5 Å². The molecule has 3 heterocycles. The summed E-state index contributed by atoms with van der Waals surface area (Å²) in [6, 6.07) is 10.7. The van der Waals surface area contributed by atoms with Gasteiger partial charge in [-0.15, -0.1) is 5.10 Å². The van der Waals surface area contributed by atoms with Gasteiger partial charge in [0.2, 0.25) is 0 Å². The quantitative estimate of drug-likeness (QED) is 0.706. The minimum atomic E-state index is -4.47. The summed E-state index contributed by atoms with van der Waals surface area (Å²) in [7, 11) is 0. The molecule has 2 aliphatic heterocycles. The van der Waals surface area contributed by atoms with Crippen molar-refractivity contribution in [1.82, 2.24) is 14.8 Å². The molecule has 0 aliphatic carbocycles. The van der Waals surface area contributed by atoms with E-state index in [4.69, 9.17) is 4.74 Å². The highest BCUT2D eigenvalue weighted by Gasteiger charge is 2.38. The first-order valence-electron chi connectivity index (χ1n) is 10.2. The van der Waals surface area contributed by atoms with Gasteiger partial charge in [-0.2, -0.15) is 18.3 Å². The third kappa shape index (κ3) is 5.31. The molecule has 168 valence electrons. The van der Waals surface area contributed by atoms with Crippen LogP contribution in [-0.4, -0.2) is 64.7 Å². The first kappa shape index (κ1) is 21.9. The summed E-state index contributed by atoms with van der Waals surface area (Å²) in [6.07, 6.45) is -1.42. The molecule has 0 spiro atoms. The predicted octanol–water partition coefficient (Wildman–Crippen LogP) is 3.65. The Labute approximate surface area is 183 Å². The summed E-state index contributed by atoms with van der Waals surface area (Å²) >= 11 is 0. The van der Waals surface area contributed by atoms with E-state index in [1.165, 1.54) is 0 Å². The van der Waals surface area contributed by atoms with Crippen LogP contribution in [0.25, 0.3) is 0 Å². The molecule has 32 heavy (non-hydrogen) atoms. The van der Waals surface area contributed by atoms with Gasteiger partial charge in [-0.3, -0.25) is 4.98 Å². The van der Waals surface area contributed by atoms with E-state index < -0.39 is 11.9 Å². The number of pyridine rings is 1. The molecule has 4 rings (SSSR count). The third-order valence-corrected chi connectivity index (χ3v) is 5.26. The Balaban J connectivity index is 1.46. The van der Waals surface area contributed by atoms with Crippen LogP contribution < -0.4 is 0 Å². The second-order valence-corrected chi connectivity index (χ2v) is 7.56. The number of hydrogen-bond donors (Lipinski definition) is 0. The average molecular weight is 445 g/mol. The van der Waals surface area contributed by atoms with E-state index in [0.717, 1.165) is 11.1 Å². The lowest BCUT2D eigenvalue weighted by Gasteiger charge is -2.33. The van der Waals surface area contributed by atoms with Crippen molar-refractivity contribution in [3.63, 3.8) is 0 Å². The number of benzene rings is 1. The summed E-state index contributed by atoms with van der Waals surface area (Å²) in [6.45, 7) is 2.81. The van der Waals surface area contributed by atoms with Crippen LogP contribution in [-0.2, 0) is 17.8 Å². The lowest BCUT2D eigenvalue weighted by molar-refractivity contribution is -0.0596. The van der Waals surface area contributed by atoms with Crippen LogP contribution >= 0.6 is 0 Å². The SMILES string of the molecule is O=C(N1CCOCC1)N(Cc1ccc(C2=NN=C(C(F)(F)F)C2)cc1)Cc1cccnc1. The number of morpholine rings is 1. The average Bonchev–Trinajstić information content (AvgIpc) is 3.31. The Bertz CT molecular complexity index is 1000. The van der Waals surface area contributed by atoms with Gasteiger partial charge in [0.05, 0.1) is 18.9 Å². The van der Waals surface area contributed by atoms with Crippen LogP contribution in [0.3, 0.4) is 0 Å². The second kappa shape index (κ2) is 9.47. The Kier molecular flexibility index (Phi) is 6.50. The van der Waals surface area contributed by atoms with Crippen molar-refractivity contribution in [3.05, 3.63) is 65.5 Å². The van der Waals surface area contributed by atoms with Gasteiger partial charge in [0.1, 0.15) is 5.71 Å². The lowest BCUT2D eigenvalue weighted by Crippen LogP contribution is -2.47. The zero-order valence-corrected chi connectivity index (χ0v) is 17.3. The highest BCUT2D eigenvalue weighted by Crippen LogP contribution is 2.25. The van der Waals surface area contributed by atoms with Gasteiger partial charge < -0.3 is 14.5 Å². The number of amides is 2. The highest BCUT2D eigenvalue weighted by atomic mass is 19.4. The van der Waals surface area contributed by atoms with E-state index >= 15 is 0 Å². The number of rotatable bonds is 5. The molecule has 10 heteroatoms. The van der Waals surface area contributed by atoms with Crippen molar-refractivity contribution in [2.45, 2.75) is 25.7 Å². The molecule has 0 atom stereocenters. The summed E-state index contributed by atoms with van der Waals surface area (Å²) in [4.78, 5) is 20.8. The van der Waals surface area contributed by atoms with Crippen molar-refractivity contribution in [2.75, 3.05) is 26.3 Å². The molecule has 2 amide bonds. The highest BCUT2D eigenvalue weighted by molar-refractivity contribution is 6.16. The number of carbonyl (C=O) groups is 1. The number of carbonyl (C=O) groups excluding carboxylic acids is 1. The van der Waals surface area contributed by atoms with E-state index in [1.807, 2.05) is 12.1 Å². The number of alkyl halides is 3. The summed E-state index contributed by atoms with van der Waals surface area (Å²) in [5.41, 5.74) is 1.73. The van der Waals surface area contributed by atoms with Gasteiger partial charge in [-0.1, -0.05) is 30.3 Å². The summed E-state index contributed by atoms with van der Waals surface area (Å²) in [5, 5.41) is 6.95. The van der Waals surface area contributed by atoms with Gasteiger partial charge in [0.25, 0.3) is 0 Å². The molecule has 1 saturated heterocycles. The fourth-order valence-corrected chi connectivity index (χ4v) is 3.55. The monoisotopic (exact) mass is 445 g/mol. The summed E-state index contributed by atoms with van der Waals surface area (Å²) in [5.74, 6) is 0. The minimum absolute atomic E-state index is 0.0929. The number of ether oxygens (including phenoxy) is 1. The topological polar surface area (TPSA) is 70.4 Å². The molecule has 0 N–H and O–H groups in total. The van der Waals surface area contributed by atoms with Gasteiger partial charge in [-0.05, 0) is 22.8 Å². The van der Waals surface area contributed by atoms with Gasteiger partial charge in [-0.25, -0.2) is 4.79 Å². The predicted molar refractivity (Wildman–Crippen MR) is 112 cm³/mol. The number of urea groups is 1. The second-order valence-electron chi connectivity index (χ2n) is 7.56. The standard InChI is InChI=1S/C22H22F3N5O2/c23-22(24,25)20-12-19(27-28-20)18-5-3-16(4-6-18)14-30(15-17-2-1-7-26-13-17)21(31)29-8-10-32-11-9-29/h1-7,13H,8-12,14-15H2. The molecule has 7 nitrogen and oxygen atoms in total. The number of aromatic nitrogens is 1. The Morgan fingerprint density at radius 3 is 2.38 bits per heavy atom. The molecule has 0 saturated carbocycles. The van der Waals surface area contributed by atoms with Crippen LogP contribution in [0.2, 0.25) is 0 Å². The van der Waals surface area contributed by atoms with Gasteiger partial charge in [0.15, 0.2) is 0 Å². The van der Waals surface area contributed by atoms with Crippen molar-refractivity contribution in [2.24, 2.45) is 10.2 Å². The fourth-order valence-electron chi connectivity index (χ4n) is 3.55.